The maximum absolute atomic E-state index is 13.4. The van der Waals surface area contributed by atoms with E-state index in [2.05, 4.69) is 20.6 Å². The molecule has 1 amide bonds. The van der Waals surface area contributed by atoms with Gasteiger partial charge in [0, 0.05) is 17.4 Å². The molecule has 1 aromatic heterocycles. The van der Waals surface area contributed by atoms with Gasteiger partial charge < -0.3 is 15.4 Å². The number of ether oxygens (including phenoxy) is 1. The minimum absolute atomic E-state index is 0.0902. The highest BCUT2D eigenvalue weighted by molar-refractivity contribution is 6.04. The number of halogens is 2. The Hall–Kier alpha value is -3.55. The van der Waals surface area contributed by atoms with Gasteiger partial charge in [-0.3, -0.25) is 4.79 Å². The lowest BCUT2D eigenvalue weighted by molar-refractivity contribution is 0.102. The zero-order valence-electron chi connectivity index (χ0n) is 15.5. The molecule has 1 heterocycles. The average molecular weight is 384 g/mol. The number of aryl methyl sites for hydroxylation is 2. The first-order valence-electron chi connectivity index (χ1n) is 8.39. The van der Waals surface area contributed by atoms with Crippen molar-refractivity contribution in [3.05, 3.63) is 71.1 Å². The predicted molar refractivity (Wildman–Crippen MR) is 102 cm³/mol. The number of aromatic nitrogens is 2. The number of carbonyl (C=O) groups excluding carboxylic acids is 1. The van der Waals surface area contributed by atoms with Crippen molar-refractivity contribution in [2.24, 2.45) is 0 Å². The molecule has 0 aliphatic rings. The number of benzene rings is 2. The van der Waals surface area contributed by atoms with Gasteiger partial charge in [0.25, 0.3) is 5.91 Å². The molecule has 0 fully saturated rings. The minimum atomic E-state index is -0.998. The quantitative estimate of drug-likeness (QED) is 0.683. The Morgan fingerprint density at radius 3 is 2.50 bits per heavy atom. The molecular formula is C20H18F2N4O2. The number of rotatable bonds is 5. The monoisotopic (exact) mass is 384 g/mol. The van der Waals surface area contributed by atoms with Crippen LogP contribution >= 0.6 is 0 Å². The largest absolute Gasteiger partial charge is 0.495 e. The maximum atomic E-state index is 13.4. The molecule has 0 radical (unpaired) electrons. The number of hydrogen-bond acceptors (Lipinski definition) is 5. The van der Waals surface area contributed by atoms with Gasteiger partial charge in [0.15, 0.2) is 11.6 Å². The highest BCUT2D eigenvalue weighted by Crippen LogP contribution is 2.26. The van der Waals surface area contributed by atoms with Crippen LogP contribution in [0.15, 0.2) is 42.5 Å². The predicted octanol–water partition coefficient (Wildman–Crippen LogP) is 4.38. The molecule has 2 N–H and O–H groups in total. The first-order chi connectivity index (χ1) is 13.4. The maximum Gasteiger partial charge on any atom is 0.274 e. The summed E-state index contributed by atoms with van der Waals surface area (Å²) in [7, 11) is 1.51. The standard InChI is InChI=1S/C20H18F2N4O2/c1-11-4-7-18(28-3)16(8-11)25-19(27)17-9-12(2)23-20(26-17)24-13-5-6-14(21)15(22)10-13/h4-10H,1-3H3,(H,25,27)(H,23,24,26). The van der Waals surface area contributed by atoms with Gasteiger partial charge in [-0.15, -0.1) is 0 Å². The third-order valence-corrected chi connectivity index (χ3v) is 3.87. The lowest BCUT2D eigenvalue weighted by Crippen LogP contribution is -2.16. The van der Waals surface area contributed by atoms with Crippen LogP contribution in [0.5, 0.6) is 5.75 Å². The Morgan fingerprint density at radius 2 is 1.79 bits per heavy atom. The molecule has 0 aliphatic heterocycles. The molecule has 3 rings (SSSR count). The number of nitrogens with one attached hydrogen (secondary N) is 2. The minimum Gasteiger partial charge on any atom is -0.495 e. The molecule has 0 bridgehead atoms. The zero-order valence-corrected chi connectivity index (χ0v) is 15.5. The molecule has 0 spiro atoms. The number of carbonyl (C=O) groups is 1. The van der Waals surface area contributed by atoms with Crippen LogP contribution < -0.4 is 15.4 Å². The van der Waals surface area contributed by atoms with E-state index in [4.69, 9.17) is 4.74 Å². The van der Waals surface area contributed by atoms with Crippen molar-refractivity contribution in [1.82, 2.24) is 9.97 Å². The molecule has 28 heavy (non-hydrogen) atoms. The fraction of sp³-hybridized carbons (Fsp3) is 0.150. The topological polar surface area (TPSA) is 76.1 Å². The average Bonchev–Trinajstić information content (AvgIpc) is 2.64. The summed E-state index contributed by atoms with van der Waals surface area (Å²) in [6.45, 7) is 3.59. The van der Waals surface area contributed by atoms with E-state index in [0.717, 1.165) is 17.7 Å². The number of nitrogens with zero attached hydrogens (tertiary/aromatic N) is 2. The van der Waals surface area contributed by atoms with Crippen LogP contribution in [0.4, 0.5) is 26.1 Å². The Bertz CT molecular complexity index is 1040. The summed E-state index contributed by atoms with van der Waals surface area (Å²) in [6.07, 6.45) is 0. The first kappa shape index (κ1) is 19.2. The number of amides is 1. The van der Waals surface area contributed by atoms with Crippen LogP contribution in [0.2, 0.25) is 0 Å². The van der Waals surface area contributed by atoms with Gasteiger partial charge in [-0.25, -0.2) is 18.7 Å². The van der Waals surface area contributed by atoms with Gasteiger partial charge in [0.1, 0.15) is 11.4 Å². The molecule has 0 saturated heterocycles. The first-order valence-corrected chi connectivity index (χ1v) is 8.39. The second-order valence-corrected chi connectivity index (χ2v) is 6.13. The summed E-state index contributed by atoms with van der Waals surface area (Å²) in [4.78, 5) is 21.0. The van der Waals surface area contributed by atoms with Crippen LogP contribution in [0, 0.1) is 25.5 Å². The van der Waals surface area contributed by atoms with E-state index in [9.17, 15) is 13.6 Å². The molecule has 2 aromatic carbocycles. The number of hydrogen-bond donors (Lipinski definition) is 2. The molecule has 3 aromatic rings. The van der Waals surface area contributed by atoms with E-state index in [-0.39, 0.29) is 17.3 Å². The molecule has 0 atom stereocenters. The summed E-state index contributed by atoms with van der Waals surface area (Å²) in [5, 5.41) is 5.53. The Balaban J connectivity index is 1.85. The number of methoxy groups -OCH3 is 1. The van der Waals surface area contributed by atoms with Crippen LogP contribution in [-0.4, -0.2) is 23.0 Å². The zero-order chi connectivity index (χ0) is 20.3. The van der Waals surface area contributed by atoms with E-state index in [0.29, 0.717) is 17.1 Å². The Kier molecular flexibility index (Phi) is 5.49. The van der Waals surface area contributed by atoms with Gasteiger partial charge in [-0.05, 0) is 49.7 Å². The Labute approximate surface area is 160 Å². The molecule has 8 heteroatoms. The lowest BCUT2D eigenvalue weighted by Gasteiger charge is -2.12. The van der Waals surface area contributed by atoms with Crippen molar-refractivity contribution >= 4 is 23.2 Å². The molecule has 6 nitrogen and oxygen atoms in total. The van der Waals surface area contributed by atoms with Crippen LogP contribution in [0.3, 0.4) is 0 Å². The highest BCUT2D eigenvalue weighted by atomic mass is 19.2. The van der Waals surface area contributed by atoms with E-state index >= 15 is 0 Å². The normalized spacial score (nSPS) is 10.5. The molecule has 144 valence electrons. The number of anilines is 3. The van der Waals surface area contributed by atoms with Crippen molar-refractivity contribution in [2.45, 2.75) is 13.8 Å². The van der Waals surface area contributed by atoms with Crippen LogP contribution in [0.1, 0.15) is 21.7 Å². The van der Waals surface area contributed by atoms with Crippen LogP contribution in [-0.2, 0) is 0 Å². The molecule has 0 saturated carbocycles. The SMILES string of the molecule is COc1ccc(C)cc1NC(=O)c1cc(C)nc(Nc2ccc(F)c(F)c2)n1. The van der Waals surface area contributed by atoms with Gasteiger partial charge in [0.05, 0.1) is 12.8 Å². The molecular weight excluding hydrogens is 366 g/mol. The van der Waals surface area contributed by atoms with Gasteiger partial charge in [-0.1, -0.05) is 6.07 Å². The van der Waals surface area contributed by atoms with Crippen molar-refractivity contribution < 1.29 is 18.3 Å². The van der Waals surface area contributed by atoms with Crippen molar-refractivity contribution in [3.63, 3.8) is 0 Å². The van der Waals surface area contributed by atoms with Crippen molar-refractivity contribution in [3.8, 4) is 5.75 Å². The lowest BCUT2D eigenvalue weighted by atomic mass is 10.2. The highest BCUT2D eigenvalue weighted by Gasteiger charge is 2.14. The Morgan fingerprint density at radius 1 is 1.00 bits per heavy atom. The van der Waals surface area contributed by atoms with Crippen LogP contribution in [0.25, 0.3) is 0 Å². The summed E-state index contributed by atoms with van der Waals surface area (Å²) in [5.41, 5.74) is 2.37. The second kappa shape index (κ2) is 7.99. The summed E-state index contributed by atoms with van der Waals surface area (Å²) >= 11 is 0. The van der Waals surface area contributed by atoms with Gasteiger partial charge in [0.2, 0.25) is 5.95 Å². The molecule has 0 unspecified atom stereocenters. The summed E-state index contributed by atoms with van der Waals surface area (Å²) < 4.78 is 31.7. The van der Waals surface area contributed by atoms with E-state index in [1.807, 2.05) is 13.0 Å². The van der Waals surface area contributed by atoms with Crippen molar-refractivity contribution in [1.29, 1.82) is 0 Å². The van der Waals surface area contributed by atoms with Gasteiger partial charge in [-0.2, -0.15) is 0 Å². The van der Waals surface area contributed by atoms with Crippen molar-refractivity contribution in [2.75, 3.05) is 17.7 Å². The smallest absolute Gasteiger partial charge is 0.274 e. The summed E-state index contributed by atoms with van der Waals surface area (Å²) in [6, 6.07) is 10.3. The summed E-state index contributed by atoms with van der Waals surface area (Å²) in [5.74, 6) is -1.80. The molecule has 0 aliphatic carbocycles. The van der Waals surface area contributed by atoms with E-state index in [1.165, 1.54) is 19.2 Å². The van der Waals surface area contributed by atoms with Gasteiger partial charge >= 0.3 is 0 Å². The fourth-order valence-corrected chi connectivity index (χ4v) is 2.55. The van der Waals surface area contributed by atoms with E-state index in [1.54, 1.807) is 19.1 Å². The third-order valence-electron chi connectivity index (χ3n) is 3.87. The second-order valence-electron chi connectivity index (χ2n) is 6.13. The fourth-order valence-electron chi connectivity index (χ4n) is 2.55. The van der Waals surface area contributed by atoms with E-state index < -0.39 is 17.5 Å². The third kappa shape index (κ3) is 4.40.